The molecule has 1 aliphatic heterocycles. The van der Waals surface area contributed by atoms with E-state index in [-0.39, 0.29) is 10.6 Å². The summed E-state index contributed by atoms with van der Waals surface area (Å²) in [6, 6.07) is 1.59. The van der Waals surface area contributed by atoms with E-state index in [4.69, 9.17) is 0 Å². The van der Waals surface area contributed by atoms with Gasteiger partial charge in [0.15, 0.2) is 0 Å². The number of hydrogen-bond acceptors (Lipinski definition) is 5. The van der Waals surface area contributed by atoms with Crippen LogP contribution in [-0.2, 0) is 6.18 Å². The third-order valence-electron chi connectivity index (χ3n) is 3.07. The van der Waals surface area contributed by atoms with Gasteiger partial charge in [-0.05, 0) is 20.8 Å². The van der Waals surface area contributed by atoms with Gasteiger partial charge in [-0.2, -0.15) is 24.9 Å². The molecule has 118 valence electrons. The molecule has 1 aliphatic rings. The van der Waals surface area contributed by atoms with E-state index in [0.29, 0.717) is 25.5 Å². The fourth-order valence-corrected chi connectivity index (χ4v) is 3.32. The second-order valence-corrected chi connectivity index (χ2v) is 7.29. The zero-order valence-corrected chi connectivity index (χ0v) is 13.1. The molecule has 2 rings (SSSR count). The van der Waals surface area contributed by atoms with Crippen molar-refractivity contribution in [3.63, 3.8) is 0 Å². The van der Waals surface area contributed by atoms with Gasteiger partial charge in [0, 0.05) is 36.2 Å². The summed E-state index contributed by atoms with van der Waals surface area (Å²) in [6.07, 6.45) is -4.54. The zero-order chi connectivity index (χ0) is 15.7. The number of nitrogens with one attached hydrogen (secondary N) is 1. The molecule has 0 atom stereocenters. The Morgan fingerprint density at radius 3 is 2.67 bits per heavy atom. The van der Waals surface area contributed by atoms with Crippen LogP contribution in [0.5, 0.6) is 0 Å². The highest BCUT2D eigenvalue weighted by Gasteiger charge is 2.36. The van der Waals surface area contributed by atoms with Crippen molar-refractivity contribution in [2.24, 2.45) is 0 Å². The molecule has 0 bridgehead atoms. The largest absolute Gasteiger partial charge is 0.451 e. The van der Waals surface area contributed by atoms with E-state index in [0.717, 1.165) is 5.75 Å². The summed E-state index contributed by atoms with van der Waals surface area (Å²) in [4.78, 5) is 9.16. The van der Waals surface area contributed by atoms with E-state index in [9.17, 15) is 13.2 Å². The molecule has 8 heteroatoms. The number of hydrogen-bond donors (Lipinski definition) is 1. The molecule has 0 aliphatic carbocycles. The van der Waals surface area contributed by atoms with Crippen LogP contribution in [0.3, 0.4) is 0 Å². The first-order chi connectivity index (χ1) is 9.71. The molecule has 1 fully saturated rings. The number of nitrogens with zero attached hydrogens (tertiary/aromatic N) is 3. The first kappa shape index (κ1) is 16.2. The Kier molecular flexibility index (Phi) is 4.55. The Bertz CT molecular complexity index is 505. The molecule has 0 spiro atoms. The molecule has 1 aromatic rings. The lowest BCUT2D eigenvalue weighted by atomic mass is 10.2. The summed E-state index contributed by atoms with van der Waals surface area (Å²) in [7, 11) is 0. The van der Waals surface area contributed by atoms with Crippen LogP contribution in [0, 0.1) is 0 Å². The zero-order valence-electron chi connectivity index (χ0n) is 12.3. The Balaban J connectivity index is 2.35. The van der Waals surface area contributed by atoms with Crippen molar-refractivity contribution in [3.05, 3.63) is 11.9 Å². The van der Waals surface area contributed by atoms with Gasteiger partial charge in [-0.3, -0.25) is 0 Å². The number of halogens is 3. The summed E-state index contributed by atoms with van der Waals surface area (Å²) in [6.45, 7) is 7.85. The van der Waals surface area contributed by atoms with Crippen molar-refractivity contribution in [2.75, 3.05) is 35.6 Å². The van der Waals surface area contributed by atoms with Crippen molar-refractivity contribution in [1.82, 2.24) is 9.97 Å². The van der Waals surface area contributed by atoms with Crippen LogP contribution < -0.4 is 10.2 Å². The topological polar surface area (TPSA) is 41.0 Å². The van der Waals surface area contributed by atoms with E-state index in [2.05, 4.69) is 29.1 Å². The first-order valence-corrected chi connectivity index (χ1v) is 7.79. The lowest BCUT2D eigenvalue weighted by Gasteiger charge is -2.38. The molecule has 0 unspecified atom stereocenters. The predicted octanol–water partition coefficient (Wildman–Crippen LogP) is 3.26. The Labute approximate surface area is 126 Å². The average molecular weight is 320 g/mol. The van der Waals surface area contributed by atoms with Crippen molar-refractivity contribution in [3.8, 4) is 0 Å². The maximum Gasteiger partial charge on any atom is 0.451 e. The Morgan fingerprint density at radius 1 is 1.38 bits per heavy atom. The molecular weight excluding hydrogens is 301 g/mol. The maximum absolute atomic E-state index is 12.9. The van der Waals surface area contributed by atoms with Gasteiger partial charge in [0.05, 0.1) is 0 Å². The maximum atomic E-state index is 12.9. The molecule has 0 aromatic carbocycles. The second kappa shape index (κ2) is 5.90. The van der Waals surface area contributed by atoms with Gasteiger partial charge in [0.25, 0.3) is 0 Å². The Morgan fingerprint density at radius 2 is 2.10 bits per heavy atom. The van der Waals surface area contributed by atoms with Crippen LogP contribution in [-0.4, -0.2) is 40.1 Å². The molecule has 0 saturated carbocycles. The number of alkyl halides is 3. The Hall–Kier alpha value is -1.18. The van der Waals surface area contributed by atoms with E-state index < -0.39 is 12.0 Å². The molecule has 1 N–H and O–H groups in total. The summed E-state index contributed by atoms with van der Waals surface area (Å²) in [5.74, 6) is 0.328. The van der Waals surface area contributed by atoms with E-state index in [1.165, 1.54) is 0 Å². The summed E-state index contributed by atoms with van der Waals surface area (Å²) < 4.78 is 38.8. The summed E-state index contributed by atoms with van der Waals surface area (Å²) >= 11 is 1.82. The summed E-state index contributed by atoms with van der Waals surface area (Å²) in [5.41, 5.74) is 0. The quantitative estimate of drug-likeness (QED) is 0.926. The lowest BCUT2D eigenvalue weighted by molar-refractivity contribution is -0.144. The second-order valence-electron chi connectivity index (χ2n) is 5.49. The standard InChI is InChI=1S/C13H19F3N4S/c1-4-17-9-7-10(19-11(18-9)13(14,15)16)20-5-6-21-12(2,3)8-20/h7H,4-6,8H2,1-3H3,(H,17,18,19). The fourth-order valence-electron chi connectivity index (χ4n) is 2.21. The van der Waals surface area contributed by atoms with Crippen LogP contribution in [0.4, 0.5) is 24.8 Å². The number of rotatable bonds is 3. The minimum atomic E-state index is -4.54. The highest BCUT2D eigenvalue weighted by atomic mass is 32.2. The average Bonchev–Trinajstić information content (AvgIpc) is 2.36. The van der Waals surface area contributed by atoms with E-state index in [1.807, 2.05) is 23.6 Å². The van der Waals surface area contributed by atoms with Crippen LogP contribution in [0.1, 0.15) is 26.6 Å². The molecule has 21 heavy (non-hydrogen) atoms. The van der Waals surface area contributed by atoms with Crippen molar-refractivity contribution >= 4 is 23.4 Å². The van der Waals surface area contributed by atoms with E-state index >= 15 is 0 Å². The van der Waals surface area contributed by atoms with E-state index in [1.54, 1.807) is 6.07 Å². The molecule has 1 saturated heterocycles. The van der Waals surface area contributed by atoms with Gasteiger partial charge >= 0.3 is 6.18 Å². The molecule has 1 aromatic heterocycles. The van der Waals surface area contributed by atoms with Gasteiger partial charge in [-0.25, -0.2) is 9.97 Å². The van der Waals surface area contributed by atoms with Crippen LogP contribution in [0.25, 0.3) is 0 Å². The van der Waals surface area contributed by atoms with Crippen molar-refractivity contribution in [2.45, 2.75) is 31.7 Å². The van der Waals surface area contributed by atoms with Crippen molar-refractivity contribution < 1.29 is 13.2 Å². The normalized spacial score (nSPS) is 18.7. The van der Waals surface area contributed by atoms with Gasteiger partial charge in [0.2, 0.25) is 5.82 Å². The minimum absolute atomic E-state index is 0.0000555. The van der Waals surface area contributed by atoms with Crippen LogP contribution in [0.15, 0.2) is 6.07 Å². The molecule has 0 radical (unpaired) electrons. The minimum Gasteiger partial charge on any atom is -0.370 e. The van der Waals surface area contributed by atoms with Gasteiger partial charge < -0.3 is 10.2 Å². The fraction of sp³-hybridized carbons (Fsp3) is 0.692. The first-order valence-electron chi connectivity index (χ1n) is 6.80. The van der Waals surface area contributed by atoms with Crippen molar-refractivity contribution in [1.29, 1.82) is 0 Å². The van der Waals surface area contributed by atoms with Gasteiger partial charge in [-0.15, -0.1) is 0 Å². The van der Waals surface area contributed by atoms with Gasteiger partial charge in [-0.1, -0.05) is 0 Å². The van der Waals surface area contributed by atoms with Gasteiger partial charge in [0.1, 0.15) is 11.6 Å². The number of anilines is 2. The third kappa shape index (κ3) is 4.15. The molecule has 2 heterocycles. The highest BCUT2D eigenvalue weighted by Crippen LogP contribution is 2.34. The number of thioether (sulfide) groups is 1. The smallest absolute Gasteiger partial charge is 0.370 e. The number of aromatic nitrogens is 2. The molecule has 4 nitrogen and oxygen atoms in total. The van der Waals surface area contributed by atoms with Crippen LogP contribution in [0.2, 0.25) is 0 Å². The lowest BCUT2D eigenvalue weighted by Crippen LogP contribution is -2.43. The predicted molar refractivity (Wildman–Crippen MR) is 79.9 cm³/mol. The monoisotopic (exact) mass is 320 g/mol. The molecule has 0 amide bonds. The highest BCUT2D eigenvalue weighted by molar-refractivity contribution is 8.00. The summed E-state index contributed by atoms with van der Waals surface area (Å²) in [5, 5.41) is 2.84. The molecular formula is C13H19F3N4S. The SMILES string of the molecule is CCNc1cc(N2CCSC(C)(C)C2)nc(C(F)(F)F)n1. The third-order valence-corrected chi connectivity index (χ3v) is 4.37. The van der Waals surface area contributed by atoms with Crippen LogP contribution >= 0.6 is 11.8 Å².